The second-order valence-electron chi connectivity index (χ2n) is 6.69. The lowest BCUT2D eigenvalue weighted by atomic mass is 10.1. The lowest BCUT2D eigenvalue weighted by Gasteiger charge is -2.09. The Hall–Kier alpha value is -3.40. The van der Waals surface area contributed by atoms with Gasteiger partial charge in [0.2, 0.25) is 5.91 Å². The minimum atomic E-state index is -3.97. The number of esters is 1. The number of anilines is 1. The molecule has 0 aliphatic rings. The van der Waals surface area contributed by atoms with E-state index in [2.05, 4.69) is 11.9 Å². The van der Waals surface area contributed by atoms with E-state index in [-0.39, 0.29) is 17.2 Å². The van der Waals surface area contributed by atoms with Gasteiger partial charge < -0.3 is 14.6 Å². The number of nitrogens with zero attached hydrogens (tertiary/aromatic N) is 1. The van der Waals surface area contributed by atoms with Crippen LogP contribution in [0, 0.1) is 13.8 Å². The van der Waals surface area contributed by atoms with Crippen molar-refractivity contribution < 1.29 is 27.5 Å². The van der Waals surface area contributed by atoms with Crippen molar-refractivity contribution in [3.63, 3.8) is 0 Å². The van der Waals surface area contributed by atoms with E-state index >= 15 is 0 Å². The van der Waals surface area contributed by atoms with Gasteiger partial charge in [-0.1, -0.05) is 6.08 Å². The molecular weight excluding hydrogens is 422 g/mol. The third-order valence-electron chi connectivity index (χ3n) is 4.47. The Labute approximate surface area is 181 Å². The minimum absolute atomic E-state index is 0.116. The summed E-state index contributed by atoms with van der Waals surface area (Å²) in [5.41, 5.74) is 1.99. The topological polar surface area (TPSA) is 124 Å². The van der Waals surface area contributed by atoms with Crippen LogP contribution in [-0.2, 0) is 26.1 Å². The Morgan fingerprint density at radius 2 is 1.77 bits per heavy atom. The van der Waals surface area contributed by atoms with Crippen LogP contribution in [0.25, 0.3) is 0 Å². The molecule has 10 heteroatoms. The fraction of sp³-hybridized carbons (Fsp3) is 0.286. The first-order valence-electron chi connectivity index (χ1n) is 9.46. The molecule has 0 saturated carbocycles. The van der Waals surface area contributed by atoms with Crippen molar-refractivity contribution in [1.82, 2.24) is 9.29 Å². The van der Waals surface area contributed by atoms with Gasteiger partial charge in [-0.3, -0.25) is 9.59 Å². The second-order valence-corrected chi connectivity index (χ2v) is 8.38. The molecule has 0 aliphatic carbocycles. The lowest BCUT2D eigenvalue weighted by Crippen LogP contribution is -2.28. The van der Waals surface area contributed by atoms with Gasteiger partial charge >= 0.3 is 5.97 Å². The third kappa shape index (κ3) is 5.21. The van der Waals surface area contributed by atoms with Crippen LogP contribution < -0.4 is 10.0 Å². The molecule has 166 valence electrons. The quantitative estimate of drug-likeness (QED) is 0.473. The largest absolute Gasteiger partial charge is 0.461 e. The zero-order valence-corrected chi connectivity index (χ0v) is 18.6. The molecule has 31 heavy (non-hydrogen) atoms. The zero-order chi connectivity index (χ0) is 23.3. The average Bonchev–Trinajstić information content (AvgIpc) is 2.91. The molecule has 2 aromatic rings. The van der Waals surface area contributed by atoms with Gasteiger partial charge in [0.15, 0.2) is 0 Å². The Morgan fingerprint density at radius 3 is 2.29 bits per heavy atom. The van der Waals surface area contributed by atoms with E-state index < -0.39 is 27.8 Å². The summed E-state index contributed by atoms with van der Waals surface area (Å²) in [6.45, 7) is 10.4. The van der Waals surface area contributed by atoms with E-state index in [1.165, 1.54) is 24.3 Å². The Balaban J connectivity index is 2.36. The van der Waals surface area contributed by atoms with E-state index in [9.17, 15) is 22.8 Å². The molecule has 0 aliphatic heterocycles. The number of ether oxygens (including phenoxy) is 1. The van der Waals surface area contributed by atoms with Crippen LogP contribution in [0.3, 0.4) is 0 Å². The van der Waals surface area contributed by atoms with Crippen LogP contribution in [0.2, 0.25) is 0 Å². The van der Waals surface area contributed by atoms with Crippen LogP contribution in [0.5, 0.6) is 0 Å². The summed E-state index contributed by atoms with van der Waals surface area (Å²) in [7, 11) is -3.97. The van der Waals surface area contributed by atoms with Crippen LogP contribution in [-0.4, -0.2) is 37.4 Å². The predicted octanol–water partition coefficient (Wildman–Crippen LogP) is 2.54. The Bertz CT molecular complexity index is 1130. The van der Waals surface area contributed by atoms with Gasteiger partial charge in [-0.15, -0.1) is 6.58 Å². The summed E-state index contributed by atoms with van der Waals surface area (Å²) >= 11 is 0. The van der Waals surface area contributed by atoms with Crippen molar-refractivity contribution in [3.05, 3.63) is 59.4 Å². The first kappa shape index (κ1) is 23.9. The summed E-state index contributed by atoms with van der Waals surface area (Å²) in [6, 6.07) is 5.36. The smallest absolute Gasteiger partial charge is 0.355 e. The molecule has 0 spiro atoms. The SMILES string of the molecule is C=CCn1c(C)c(C(=O)Nc2ccc(S(=O)(=O)NC(C)=O)cc2)c(C)c1C(=O)OCC. The van der Waals surface area contributed by atoms with Crippen LogP contribution in [0.1, 0.15) is 46.0 Å². The van der Waals surface area contributed by atoms with E-state index in [0.717, 1.165) is 6.92 Å². The molecule has 1 aromatic heterocycles. The number of sulfonamides is 1. The van der Waals surface area contributed by atoms with Crippen molar-refractivity contribution >= 4 is 33.5 Å². The summed E-state index contributed by atoms with van der Waals surface area (Å²) in [5, 5.41) is 2.70. The number of carbonyl (C=O) groups excluding carboxylic acids is 3. The number of aromatic nitrogens is 1. The number of rotatable bonds is 8. The molecule has 1 heterocycles. The first-order valence-corrected chi connectivity index (χ1v) is 10.9. The highest BCUT2D eigenvalue weighted by molar-refractivity contribution is 7.90. The van der Waals surface area contributed by atoms with Gasteiger partial charge in [0, 0.05) is 24.8 Å². The highest BCUT2D eigenvalue weighted by Crippen LogP contribution is 2.25. The van der Waals surface area contributed by atoms with Crippen molar-refractivity contribution in [2.24, 2.45) is 0 Å². The van der Waals surface area contributed by atoms with Crippen molar-refractivity contribution in [3.8, 4) is 0 Å². The molecule has 0 radical (unpaired) electrons. The highest BCUT2D eigenvalue weighted by Gasteiger charge is 2.27. The van der Waals surface area contributed by atoms with Crippen molar-refractivity contribution in [2.75, 3.05) is 11.9 Å². The molecule has 0 atom stereocenters. The molecule has 1 aromatic carbocycles. The van der Waals surface area contributed by atoms with Crippen LogP contribution in [0.15, 0.2) is 41.8 Å². The molecule has 0 saturated heterocycles. The maximum Gasteiger partial charge on any atom is 0.355 e. The fourth-order valence-electron chi connectivity index (χ4n) is 3.21. The molecule has 0 fully saturated rings. The van der Waals surface area contributed by atoms with E-state index in [0.29, 0.717) is 29.1 Å². The summed E-state index contributed by atoms with van der Waals surface area (Å²) in [4.78, 5) is 36.3. The van der Waals surface area contributed by atoms with E-state index in [1.54, 1.807) is 31.4 Å². The third-order valence-corrected chi connectivity index (χ3v) is 5.92. The zero-order valence-electron chi connectivity index (χ0n) is 17.8. The number of carbonyl (C=O) groups is 3. The van der Waals surface area contributed by atoms with Crippen LogP contribution in [0.4, 0.5) is 5.69 Å². The maximum absolute atomic E-state index is 13.0. The van der Waals surface area contributed by atoms with Gasteiger partial charge in [-0.05, 0) is 50.6 Å². The normalized spacial score (nSPS) is 11.0. The minimum Gasteiger partial charge on any atom is -0.461 e. The van der Waals surface area contributed by atoms with Crippen molar-refractivity contribution in [1.29, 1.82) is 0 Å². The summed E-state index contributed by atoms with van der Waals surface area (Å²) < 4.78 is 32.7. The molecule has 0 unspecified atom stereocenters. The molecule has 2 rings (SSSR count). The van der Waals surface area contributed by atoms with Gasteiger partial charge in [-0.25, -0.2) is 17.9 Å². The fourth-order valence-corrected chi connectivity index (χ4v) is 4.20. The summed E-state index contributed by atoms with van der Waals surface area (Å²) in [5.74, 6) is -1.69. The number of benzene rings is 1. The number of allylic oxidation sites excluding steroid dienone is 1. The average molecular weight is 448 g/mol. The van der Waals surface area contributed by atoms with Gasteiger partial charge in [0.05, 0.1) is 17.1 Å². The number of hydrogen-bond donors (Lipinski definition) is 2. The number of nitrogens with one attached hydrogen (secondary N) is 2. The lowest BCUT2D eigenvalue weighted by molar-refractivity contribution is -0.117. The second kappa shape index (κ2) is 9.61. The highest BCUT2D eigenvalue weighted by atomic mass is 32.2. The Kier molecular flexibility index (Phi) is 7.40. The number of hydrogen-bond acceptors (Lipinski definition) is 6. The first-order chi connectivity index (χ1) is 14.5. The molecule has 2 N–H and O–H groups in total. The summed E-state index contributed by atoms with van der Waals surface area (Å²) in [6.07, 6.45) is 1.62. The molecular formula is C21H25N3O6S. The standard InChI is InChI=1S/C21H25N3O6S/c1-6-12-24-14(4)18(13(3)19(24)21(27)30-7-2)20(26)22-16-8-10-17(11-9-16)31(28,29)23-15(5)25/h6,8-11H,1,7,12H2,2-5H3,(H,22,26)(H,23,25). The van der Waals surface area contributed by atoms with Gasteiger partial charge in [0.25, 0.3) is 15.9 Å². The van der Waals surface area contributed by atoms with E-state index in [4.69, 9.17) is 4.74 Å². The Morgan fingerprint density at radius 1 is 1.16 bits per heavy atom. The van der Waals surface area contributed by atoms with E-state index in [1.807, 2.05) is 4.72 Å². The number of amides is 2. The monoisotopic (exact) mass is 447 g/mol. The predicted molar refractivity (Wildman–Crippen MR) is 115 cm³/mol. The van der Waals surface area contributed by atoms with Gasteiger partial charge in [0.1, 0.15) is 5.69 Å². The molecule has 2 amide bonds. The van der Waals surface area contributed by atoms with Crippen molar-refractivity contribution in [2.45, 2.75) is 39.1 Å². The molecule has 9 nitrogen and oxygen atoms in total. The maximum atomic E-state index is 13.0. The van der Waals surface area contributed by atoms with Gasteiger partial charge in [-0.2, -0.15) is 0 Å². The van der Waals surface area contributed by atoms with Crippen LogP contribution >= 0.6 is 0 Å². The molecule has 0 bridgehead atoms.